The van der Waals surface area contributed by atoms with Crippen LogP contribution in [0.4, 0.5) is 0 Å². The van der Waals surface area contributed by atoms with E-state index in [1.165, 1.54) is 22.3 Å². The first-order valence-electron chi connectivity index (χ1n) is 5.40. The van der Waals surface area contributed by atoms with E-state index in [1.807, 2.05) is 0 Å². The predicted octanol–water partition coefficient (Wildman–Crippen LogP) is 3.64. The number of hydrogen-bond donors (Lipinski definition) is 1. The van der Waals surface area contributed by atoms with E-state index in [-0.39, 0.29) is 11.5 Å². The van der Waals surface area contributed by atoms with Crippen LogP contribution >= 0.6 is 11.6 Å². The zero-order valence-electron chi connectivity index (χ0n) is 9.82. The van der Waals surface area contributed by atoms with Gasteiger partial charge in [0.25, 0.3) is 0 Å². The molecule has 0 fully saturated rings. The lowest BCUT2D eigenvalue weighted by Gasteiger charge is -2.21. The van der Waals surface area contributed by atoms with Crippen LogP contribution in [0.15, 0.2) is 6.07 Å². The van der Waals surface area contributed by atoms with E-state index in [1.54, 1.807) is 0 Å². The third-order valence-electron chi connectivity index (χ3n) is 3.62. The monoisotopic (exact) mass is 223 g/mol. The van der Waals surface area contributed by atoms with Gasteiger partial charge in [-0.1, -0.05) is 25.4 Å². The highest BCUT2D eigenvalue weighted by atomic mass is 35.5. The number of nitrogens with two attached hydrogens (primary N) is 1. The van der Waals surface area contributed by atoms with Crippen LogP contribution in [-0.4, -0.2) is 0 Å². The molecule has 1 aliphatic carbocycles. The molecular formula is C13H18ClN. The van der Waals surface area contributed by atoms with Gasteiger partial charge >= 0.3 is 0 Å². The summed E-state index contributed by atoms with van der Waals surface area (Å²) in [6.07, 6.45) is 0.992. The Morgan fingerprint density at radius 2 is 2.00 bits per heavy atom. The maximum Gasteiger partial charge on any atom is 0.0449 e. The molecule has 1 atom stereocenters. The largest absolute Gasteiger partial charge is 0.324 e. The Kier molecular flexibility index (Phi) is 2.36. The average molecular weight is 224 g/mol. The van der Waals surface area contributed by atoms with E-state index < -0.39 is 0 Å². The SMILES string of the molecule is Cc1cc(Cl)c2c(c1C)C(N)CC2(C)C. The van der Waals surface area contributed by atoms with Crippen LogP contribution in [0.1, 0.15) is 48.6 Å². The normalized spacial score (nSPS) is 22.9. The Balaban J connectivity index is 2.78. The van der Waals surface area contributed by atoms with Crippen LogP contribution in [0.2, 0.25) is 5.02 Å². The van der Waals surface area contributed by atoms with E-state index in [0.29, 0.717) is 0 Å². The van der Waals surface area contributed by atoms with Gasteiger partial charge in [0.15, 0.2) is 0 Å². The van der Waals surface area contributed by atoms with E-state index in [9.17, 15) is 0 Å². The summed E-state index contributed by atoms with van der Waals surface area (Å²) in [6, 6.07) is 2.21. The van der Waals surface area contributed by atoms with Gasteiger partial charge in [0.1, 0.15) is 0 Å². The van der Waals surface area contributed by atoms with E-state index in [4.69, 9.17) is 17.3 Å². The number of aryl methyl sites for hydroxylation is 1. The zero-order valence-corrected chi connectivity index (χ0v) is 10.6. The lowest BCUT2D eigenvalue weighted by Crippen LogP contribution is -2.14. The van der Waals surface area contributed by atoms with E-state index in [2.05, 4.69) is 33.8 Å². The topological polar surface area (TPSA) is 26.0 Å². The summed E-state index contributed by atoms with van der Waals surface area (Å²) >= 11 is 6.34. The maximum atomic E-state index is 6.34. The first kappa shape index (κ1) is 11.0. The highest BCUT2D eigenvalue weighted by Gasteiger charge is 2.38. The van der Waals surface area contributed by atoms with Gasteiger partial charge in [-0.3, -0.25) is 0 Å². The molecule has 0 saturated heterocycles. The fourth-order valence-corrected chi connectivity index (χ4v) is 3.33. The van der Waals surface area contributed by atoms with Crippen molar-refractivity contribution < 1.29 is 0 Å². The van der Waals surface area contributed by atoms with E-state index in [0.717, 1.165) is 11.4 Å². The second kappa shape index (κ2) is 3.23. The van der Waals surface area contributed by atoms with Gasteiger partial charge in [0.2, 0.25) is 0 Å². The van der Waals surface area contributed by atoms with Crippen LogP contribution in [0.25, 0.3) is 0 Å². The van der Waals surface area contributed by atoms with Crippen molar-refractivity contribution in [2.24, 2.45) is 5.73 Å². The van der Waals surface area contributed by atoms with Crippen molar-refractivity contribution in [3.05, 3.63) is 33.3 Å². The smallest absolute Gasteiger partial charge is 0.0449 e. The summed E-state index contributed by atoms with van der Waals surface area (Å²) in [5.74, 6) is 0. The summed E-state index contributed by atoms with van der Waals surface area (Å²) in [4.78, 5) is 0. The van der Waals surface area contributed by atoms with Gasteiger partial charge in [0.05, 0.1) is 0 Å². The van der Waals surface area contributed by atoms with Crippen molar-refractivity contribution >= 4 is 11.6 Å². The third kappa shape index (κ3) is 1.49. The lowest BCUT2D eigenvalue weighted by molar-refractivity contribution is 0.481. The van der Waals surface area contributed by atoms with Gasteiger partial charge in [-0.05, 0) is 54.0 Å². The number of hydrogen-bond acceptors (Lipinski definition) is 1. The zero-order chi connectivity index (χ0) is 11.4. The van der Waals surface area contributed by atoms with Gasteiger partial charge in [-0.2, -0.15) is 0 Å². The number of fused-ring (bicyclic) bond motifs is 1. The molecule has 0 heterocycles. The second-order valence-corrected chi connectivity index (χ2v) is 5.69. The summed E-state index contributed by atoms with van der Waals surface area (Å²) < 4.78 is 0. The first-order chi connectivity index (χ1) is 6.84. The summed E-state index contributed by atoms with van der Waals surface area (Å²) in [6.45, 7) is 8.68. The van der Waals surface area contributed by atoms with Crippen molar-refractivity contribution in [1.29, 1.82) is 0 Å². The van der Waals surface area contributed by atoms with Gasteiger partial charge in [-0.15, -0.1) is 0 Å². The number of rotatable bonds is 0. The molecule has 0 aromatic heterocycles. The molecule has 1 aromatic carbocycles. The molecular weight excluding hydrogens is 206 g/mol. The highest BCUT2D eigenvalue weighted by Crippen LogP contribution is 2.48. The average Bonchev–Trinajstić information content (AvgIpc) is 2.32. The van der Waals surface area contributed by atoms with Crippen molar-refractivity contribution in [3.63, 3.8) is 0 Å². The van der Waals surface area contributed by atoms with Gasteiger partial charge < -0.3 is 5.73 Å². The number of benzene rings is 1. The molecule has 2 N–H and O–H groups in total. The minimum atomic E-state index is 0.115. The third-order valence-corrected chi connectivity index (χ3v) is 3.92. The summed E-state index contributed by atoms with van der Waals surface area (Å²) in [7, 11) is 0. The molecule has 2 heteroatoms. The molecule has 82 valence electrons. The van der Waals surface area contributed by atoms with Crippen molar-refractivity contribution in [2.75, 3.05) is 0 Å². The predicted molar refractivity (Wildman–Crippen MR) is 65.5 cm³/mol. The maximum absolute atomic E-state index is 6.34. The molecule has 2 rings (SSSR count). The van der Waals surface area contributed by atoms with Gasteiger partial charge in [-0.25, -0.2) is 0 Å². The highest BCUT2D eigenvalue weighted by molar-refractivity contribution is 6.31. The Hall–Kier alpha value is -0.530. The standard InChI is InChI=1S/C13H18ClN/c1-7-5-9(14)12-11(8(7)2)10(15)6-13(12,3)4/h5,10H,6,15H2,1-4H3. The number of halogens is 1. The molecule has 0 spiro atoms. The van der Waals surface area contributed by atoms with Crippen LogP contribution in [-0.2, 0) is 5.41 Å². The lowest BCUT2D eigenvalue weighted by atomic mass is 9.85. The minimum absolute atomic E-state index is 0.115. The molecule has 1 unspecified atom stereocenters. The molecule has 0 aliphatic heterocycles. The van der Waals surface area contributed by atoms with Gasteiger partial charge in [0, 0.05) is 11.1 Å². The molecule has 15 heavy (non-hydrogen) atoms. The Bertz CT molecular complexity index is 421. The molecule has 1 nitrogen and oxygen atoms in total. The van der Waals surface area contributed by atoms with Crippen LogP contribution in [0.3, 0.4) is 0 Å². The fourth-order valence-electron chi connectivity index (χ4n) is 2.80. The minimum Gasteiger partial charge on any atom is -0.324 e. The van der Waals surface area contributed by atoms with Crippen molar-refractivity contribution in [3.8, 4) is 0 Å². The van der Waals surface area contributed by atoms with Crippen molar-refractivity contribution in [1.82, 2.24) is 0 Å². The van der Waals surface area contributed by atoms with Crippen LogP contribution in [0, 0.1) is 13.8 Å². The molecule has 0 bridgehead atoms. The Labute approximate surface area is 96.6 Å². The second-order valence-electron chi connectivity index (χ2n) is 5.28. The van der Waals surface area contributed by atoms with Crippen LogP contribution in [0.5, 0.6) is 0 Å². The fraction of sp³-hybridized carbons (Fsp3) is 0.538. The Morgan fingerprint density at radius 1 is 1.40 bits per heavy atom. The molecule has 1 aromatic rings. The first-order valence-corrected chi connectivity index (χ1v) is 5.78. The summed E-state index contributed by atoms with van der Waals surface area (Å²) in [5.41, 5.74) is 11.4. The molecule has 0 saturated carbocycles. The van der Waals surface area contributed by atoms with Crippen molar-refractivity contribution in [2.45, 2.75) is 45.6 Å². The molecule has 0 amide bonds. The Morgan fingerprint density at radius 3 is 2.60 bits per heavy atom. The van der Waals surface area contributed by atoms with E-state index >= 15 is 0 Å². The van der Waals surface area contributed by atoms with Crippen LogP contribution < -0.4 is 5.73 Å². The summed E-state index contributed by atoms with van der Waals surface area (Å²) in [5, 5.41) is 0.881. The molecule has 0 radical (unpaired) electrons. The quantitative estimate of drug-likeness (QED) is 0.714. The molecule has 1 aliphatic rings.